The number of carboxylic acids is 1. The zero-order valence-corrected chi connectivity index (χ0v) is 21.2. The maximum Gasteiger partial charge on any atom is 0.337 e. The van der Waals surface area contributed by atoms with E-state index in [1.54, 1.807) is 22.7 Å². The molecule has 0 amide bonds. The Labute approximate surface area is 201 Å². The van der Waals surface area contributed by atoms with Gasteiger partial charge in [0.2, 0.25) is 0 Å². The number of hydrogen-bond donors (Lipinski definition) is 1. The van der Waals surface area contributed by atoms with Gasteiger partial charge in [-0.05, 0) is 83.6 Å². The molecule has 7 heteroatoms. The number of pyridine rings is 1. The van der Waals surface area contributed by atoms with E-state index < -0.39 is 17.7 Å². The third-order valence-corrected chi connectivity index (χ3v) is 8.19. The molecule has 1 aromatic carbocycles. The molecule has 1 unspecified atom stereocenters. The second kappa shape index (κ2) is 8.15. The highest BCUT2D eigenvalue weighted by Gasteiger charge is 2.34. The van der Waals surface area contributed by atoms with E-state index in [1.807, 2.05) is 40.7 Å². The third kappa shape index (κ3) is 4.07. The maximum atomic E-state index is 12.5. The van der Waals surface area contributed by atoms with Crippen molar-refractivity contribution in [3.63, 3.8) is 0 Å². The van der Waals surface area contributed by atoms with Crippen molar-refractivity contribution >= 4 is 49.1 Å². The predicted molar refractivity (Wildman–Crippen MR) is 136 cm³/mol. The molecule has 172 valence electrons. The maximum absolute atomic E-state index is 12.5. The minimum Gasteiger partial charge on any atom is -0.479 e. The molecular weight excluding hydrogens is 452 g/mol. The number of aliphatic carboxylic acids is 1. The molecule has 1 N–H and O–H groups in total. The number of carboxylic acid groups (broad SMARTS) is 1. The fourth-order valence-electron chi connectivity index (χ4n) is 4.82. The standard InChI is InChI=1S/C26H28N2O3S2/c1-13-20(23(25(29)30)31-26(3,4)5)21(15-10-11-17-19(12-15)32-14(2)28-17)22-16-8-6-7-9-18(16)33-24(22)27-13/h10-12,23H,6-9H2,1-5H3,(H,29,30). The first kappa shape index (κ1) is 22.4. The predicted octanol–water partition coefficient (Wildman–Crippen LogP) is 7.01. The number of thiazole rings is 1. The van der Waals surface area contributed by atoms with E-state index >= 15 is 0 Å². The van der Waals surface area contributed by atoms with Crippen molar-refractivity contribution in [1.82, 2.24) is 9.97 Å². The molecule has 0 aliphatic heterocycles. The van der Waals surface area contributed by atoms with Crippen molar-refractivity contribution in [3.05, 3.63) is 44.9 Å². The van der Waals surface area contributed by atoms with E-state index in [1.165, 1.54) is 16.9 Å². The van der Waals surface area contributed by atoms with Gasteiger partial charge < -0.3 is 9.84 Å². The fourth-order valence-corrected chi connectivity index (χ4v) is 7.00. The van der Waals surface area contributed by atoms with Gasteiger partial charge in [0.15, 0.2) is 6.10 Å². The first-order valence-corrected chi connectivity index (χ1v) is 13.0. The van der Waals surface area contributed by atoms with E-state index in [4.69, 9.17) is 9.72 Å². The average molecular weight is 481 g/mol. The van der Waals surface area contributed by atoms with E-state index in [9.17, 15) is 9.90 Å². The van der Waals surface area contributed by atoms with Crippen LogP contribution in [0.5, 0.6) is 0 Å². The highest BCUT2D eigenvalue weighted by Crippen LogP contribution is 2.46. The van der Waals surface area contributed by atoms with Gasteiger partial charge in [0.1, 0.15) is 4.83 Å². The molecule has 0 spiro atoms. The molecule has 1 aliphatic rings. The normalized spacial score (nSPS) is 15.2. The molecule has 5 rings (SSSR count). The largest absolute Gasteiger partial charge is 0.479 e. The lowest BCUT2D eigenvalue weighted by atomic mass is 9.88. The van der Waals surface area contributed by atoms with Crippen LogP contribution in [0, 0.1) is 13.8 Å². The molecular formula is C26H28N2O3S2. The summed E-state index contributed by atoms with van der Waals surface area (Å²) < 4.78 is 7.25. The van der Waals surface area contributed by atoms with Gasteiger partial charge in [0.25, 0.3) is 0 Å². The molecule has 4 aromatic rings. The summed E-state index contributed by atoms with van der Waals surface area (Å²) in [6, 6.07) is 6.27. The lowest BCUT2D eigenvalue weighted by Crippen LogP contribution is -2.28. The molecule has 0 bridgehead atoms. The van der Waals surface area contributed by atoms with Gasteiger partial charge in [-0.1, -0.05) is 6.07 Å². The van der Waals surface area contributed by atoms with Crippen LogP contribution in [0.3, 0.4) is 0 Å². The lowest BCUT2D eigenvalue weighted by Gasteiger charge is -2.28. The van der Waals surface area contributed by atoms with E-state index in [0.717, 1.165) is 55.8 Å². The Morgan fingerprint density at radius 3 is 2.61 bits per heavy atom. The Kier molecular flexibility index (Phi) is 5.54. The first-order chi connectivity index (χ1) is 15.6. The second-order valence-corrected chi connectivity index (χ2v) is 12.1. The molecule has 3 heterocycles. The minimum atomic E-state index is -1.10. The van der Waals surface area contributed by atoms with Crippen molar-refractivity contribution < 1.29 is 14.6 Å². The molecule has 3 aromatic heterocycles. The van der Waals surface area contributed by atoms with E-state index in [-0.39, 0.29) is 0 Å². The van der Waals surface area contributed by atoms with Crippen molar-refractivity contribution in [2.24, 2.45) is 0 Å². The smallest absolute Gasteiger partial charge is 0.337 e. The number of hydrogen-bond acceptors (Lipinski definition) is 6. The summed E-state index contributed by atoms with van der Waals surface area (Å²) in [4.78, 5) is 24.5. The molecule has 0 saturated heterocycles. The van der Waals surface area contributed by atoms with Gasteiger partial charge >= 0.3 is 5.97 Å². The highest BCUT2D eigenvalue weighted by molar-refractivity contribution is 7.19. The monoisotopic (exact) mass is 480 g/mol. The number of rotatable bonds is 4. The van der Waals surface area contributed by atoms with Crippen LogP contribution in [0.15, 0.2) is 18.2 Å². The SMILES string of the molecule is Cc1nc2ccc(-c3c(C(OC(C)(C)C)C(=O)O)c(C)nc4sc5c(c34)CCCC5)cc2s1. The summed E-state index contributed by atoms with van der Waals surface area (Å²) >= 11 is 3.42. The van der Waals surface area contributed by atoms with Crippen molar-refractivity contribution in [2.45, 2.75) is 72.0 Å². The Morgan fingerprint density at radius 2 is 1.88 bits per heavy atom. The molecule has 0 radical (unpaired) electrons. The number of benzene rings is 1. The second-order valence-electron chi connectivity index (χ2n) is 9.74. The van der Waals surface area contributed by atoms with Crippen LogP contribution in [-0.4, -0.2) is 26.6 Å². The van der Waals surface area contributed by atoms with E-state index in [0.29, 0.717) is 11.3 Å². The summed E-state index contributed by atoms with van der Waals surface area (Å²) in [6.45, 7) is 9.60. The van der Waals surface area contributed by atoms with Crippen LogP contribution < -0.4 is 0 Å². The quantitative estimate of drug-likeness (QED) is 0.340. The molecule has 1 atom stereocenters. The van der Waals surface area contributed by atoms with Crippen LogP contribution in [0.4, 0.5) is 0 Å². The fraction of sp³-hybridized carbons (Fsp3) is 0.423. The Balaban J connectivity index is 1.87. The van der Waals surface area contributed by atoms with Crippen molar-refractivity contribution in [3.8, 4) is 11.1 Å². The number of aromatic nitrogens is 2. The Bertz CT molecular complexity index is 1390. The number of aryl methyl sites for hydroxylation is 4. The van der Waals surface area contributed by atoms with Gasteiger partial charge in [-0.3, -0.25) is 0 Å². The van der Waals surface area contributed by atoms with Gasteiger partial charge in [0, 0.05) is 27.1 Å². The number of thiophene rings is 1. The molecule has 0 fully saturated rings. The van der Waals surface area contributed by atoms with E-state index in [2.05, 4.69) is 17.1 Å². The molecule has 5 nitrogen and oxygen atoms in total. The van der Waals surface area contributed by atoms with Crippen LogP contribution in [0.2, 0.25) is 0 Å². The van der Waals surface area contributed by atoms with Gasteiger partial charge in [-0.25, -0.2) is 14.8 Å². The van der Waals surface area contributed by atoms with Crippen LogP contribution >= 0.6 is 22.7 Å². The van der Waals surface area contributed by atoms with Gasteiger partial charge in [0.05, 0.1) is 20.8 Å². The zero-order valence-electron chi connectivity index (χ0n) is 19.6. The Morgan fingerprint density at radius 1 is 1.12 bits per heavy atom. The number of nitrogens with zero attached hydrogens (tertiary/aromatic N) is 2. The number of ether oxygens (including phenoxy) is 1. The summed E-state index contributed by atoms with van der Waals surface area (Å²) in [6.07, 6.45) is 3.31. The van der Waals surface area contributed by atoms with Crippen molar-refractivity contribution in [2.75, 3.05) is 0 Å². The zero-order chi connectivity index (χ0) is 23.5. The van der Waals surface area contributed by atoms with Crippen LogP contribution in [0.1, 0.15) is 66.4 Å². The summed E-state index contributed by atoms with van der Waals surface area (Å²) in [7, 11) is 0. The highest BCUT2D eigenvalue weighted by atomic mass is 32.1. The number of carbonyl (C=O) groups is 1. The topological polar surface area (TPSA) is 72.3 Å². The molecule has 1 aliphatic carbocycles. The average Bonchev–Trinajstić information content (AvgIpc) is 3.28. The van der Waals surface area contributed by atoms with Crippen LogP contribution in [-0.2, 0) is 22.4 Å². The number of fused-ring (bicyclic) bond motifs is 4. The summed E-state index contributed by atoms with van der Waals surface area (Å²) in [5.41, 5.74) is 5.04. The minimum absolute atomic E-state index is 0.617. The van der Waals surface area contributed by atoms with Gasteiger partial charge in [-0.15, -0.1) is 22.7 Å². The van der Waals surface area contributed by atoms with Crippen molar-refractivity contribution in [1.29, 1.82) is 0 Å². The molecule has 0 saturated carbocycles. The lowest BCUT2D eigenvalue weighted by molar-refractivity contribution is -0.160. The summed E-state index contributed by atoms with van der Waals surface area (Å²) in [5, 5.41) is 12.4. The Hall–Kier alpha value is -2.35. The summed E-state index contributed by atoms with van der Waals surface area (Å²) in [5.74, 6) is -0.991. The first-order valence-electron chi connectivity index (χ1n) is 11.4. The van der Waals surface area contributed by atoms with Crippen LogP contribution in [0.25, 0.3) is 31.6 Å². The third-order valence-electron chi connectivity index (χ3n) is 6.07. The van der Waals surface area contributed by atoms with Gasteiger partial charge in [-0.2, -0.15) is 0 Å². The molecule has 33 heavy (non-hydrogen) atoms.